The molecule has 2 N–H and O–H groups in total. The van der Waals surface area contributed by atoms with Crippen molar-refractivity contribution in [1.29, 1.82) is 0 Å². The molecule has 1 heterocycles. The number of hydrogen-bond acceptors (Lipinski definition) is 6. The Morgan fingerprint density at radius 3 is 2.37 bits per heavy atom. The summed E-state index contributed by atoms with van der Waals surface area (Å²) in [5, 5.41) is 1.64. The maximum absolute atomic E-state index is 12.3. The third-order valence-corrected chi connectivity index (χ3v) is 5.58. The number of benzene rings is 2. The van der Waals surface area contributed by atoms with E-state index in [1.807, 2.05) is 43.3 Å². The Morgan fingerprint density at radius 1 is 0.967 bits per heavy atom. The Labute approximate surface area is 180 Å². The zero-order valence-corrected chi connectivity index (χ0v) is 18.1. The molecule has 30 heavy (non-hydrogen) atoms. The van der Waals surface area contributed by atoms with Crippen LogP contribution in [0.2, 0.25) is 0 Å². The number of thioether (sulfide) groups is 1. The summed E-state index contributed by atoms with van der Waals surface area (Å²) in [6.45, 7) is 7.79. The van der Waals surface area contributed by atoms with Crippen LogP contribution >= 0.6 is 11.8 Å². The lowest BCUT2D eigenvalue weighted by Crippen LogP contribution is -2.42. The number of para-hydroxylation sites is 1. The van der Waals surface area contributed by atoms with Gasteiger partial charge in [-0.15, -0.1) is 0 Å². The molecule has 2 aromatic carbocycles. The topological polar surface area (TPSA) is 87.2 Å². The first-order chi connectivity index (χ1) is 14.5. The van der Waals surface area contributed by atoms with Gasteiger partial charge in [-0.25, -0.2) is 9.97 Å². The molecule has 0 aliphatic rings. The van der Waals surface area contributed by atoms with Gasteiger partial charge < -0.3 is 4.90 Å². The molecule has 0 spiro atoms. The minimum absolute atomic E-state index is 0.127. The number of hydrazine groups is 1. The van der Waals surface area contributed by atoms with Crippen molar-refractivity contribution in [2.45, 2.75) is 25.8 Å². The summed E-state index contributed by atoms with van der Waals surface area (Å²) in [7, 11) is 0. The third-order valence-electron chi connectivity index (χ3n) is 4.59. The van der Waals surface area contributed by atoms with Gasteiger partial charge >= 0.3 is 0 Å². The Kier molecular flexibility index (Phi) is 7.24. The number of aromatic nitrogens is 2. The van der Waals surface area contributed by atoms with Crippen molar-refractivity contribution in [3.05, 3.63) is 59.9 Å². The average molecular weight is 424 g/mol. The monoisotopic (exact) mass is 423 g/mol. The Balaban J connectivity index is 1.54. The van der Waals surface area contributed by atoms with Gasteiger partial charge in [-0.05, 0) is 51.1 Å². The van der Waals surface area contributed by atoms with Gasteiger partial charge in [0.15, 0.2) is 0 Å². The SMILES string of the molecule is CCN(CC)c1ccc(C(=O)NNC(=O)CSc2nc(C)nc3ccccc23)cc1. The largest absolute Gasteiger partial charge is 0.372 e. The van der Waals surface area contributed by atoms with E-state index in [1.165, 1.54) is 11.8 Å². The molecule has 0 fully saturated rings. The number of nitrogens with zero attached hydrogens (tertiary/aromatic N) is 3. The van der Waals surface area contributed by atoms with Crippen molar-refractivity contribution in [3.8, 4) is 0 Å². The van der Waals surface area contributed by atoms with Gasteiger partial charge in [0, 0.05) is 29.7 Å². The summed E-state index contributed by atoms with van der Waals surface area (Å²) >= 11 is 1.31. The second kappa shape index (κ2) is 10.1. The van der Waals surface area contributed by atoms with E-state index in [2.05, 4.69) is 39.6 Å². The van der Waals surface area contributed by atoms with Crippen LogP contribution in [0.4, 0.5) is 5.69 Å². The molecule has 0 atom stereocenters. The maximum Gasteiger partial charge on any atom is 0.269 e. The molecule has 0 aliphatic carbocycles. The summed E-state index contributed by atoms with van der Waals surface area (Å²) in [6, 6.07) is 15.0. The van der Waals surface area contributed by atoms with E-state index in [9.17, 15) is 9.59 Å². The normalized spacial score (nSPS) is 10.6. The average Bonchev–Trinajstić information content (AvgIpc) is 2.77. The first-order valence-corrected chi connectivity index (χ1v) is 10.8. The first-order valence-electron chi connectivity index (χ1n) is 9.82. The van der Waals surface area contributed by atoms with E-state index in [0.29, 0.717) is 11.4 Å². The van der Waals surface area contributed by atoms with Crippen molar-refractivity contribution in [2.75, 3.05) is 23.7 Å². The smallest absolute Gasteiger partial charge is 0.269 e. The van der Waals surface area contributed by atoms with Gasteiger partial charge in [-0.2, -0.15) is 0 Å². The molecule has 3 rings (SSSR count). The van der Waals surface area contributed by atoms with Gasteiger partial charge in [0.25, 0.3) is 5.91 Å². The van der Waals surface area contributed by atoms with Crippen molar-refractivity contribution in [1.82, 2.24) is 20.8 Å². The van der Waals surface area contributed by atoms with Crippen molar-refractivity contribution in [3.63, 3.8) is 0 Å². The lowest BCUT2D eigenvalue weighted by atomic mass is 10.2. The van der Waals surface area contributed by atoms with Gasteiger partial charge in [0.05, 0.1) is 11.3 Å². The van der Waals surface area contributed by atoms with E-state index in [4.69, 9.17) is 0 Å². The van der Waals surface area contributed by atoms with Crippen LogP contribution in [-0.4, -0.2) is 40.6 Å². The molecule has 8 heteroatoms. The lowest BCUT2D eigenvalue weighted by molar-refractivity contribution is -0.119. The minimum Gasteiger partial charge on any atom is -0.372 e. The van der Waals surface area contributed by atoms with Crippen LogP contribution < -0.4 is 15.8 Å². The molecule has 0 saturated carbocycles. The maximum atomic E-state index is 12.3. The van der Waals surface area contributed by atoms with Crippen molar-refractivity contribution >= 4 is 40.2 Å². The third kappa shape index (κ3) is 5.27. The van der Waals surface area contributed by atoms with E-state index >= 15 is 0 Å². The predicted molar refractivity (Wildman–Crippen MR) is 121 cm³/mol. The van der Waals surface area contributed by atoms with Crippen LogP contribution in [-0.2, 0) is 4.79 Å². The number of rotatable bonds is 7. The summed E-state index contributed by atoms with van der Waals surface area (Å²) in [4.78, 5) is 35.5. The molecule has 0 aliphatic heterocycles. The molecule has 2 amide bonds. The fourth-order valence-corrected chi connectivity index (χ4v) is 3.91. The molecule has 156 valence electrons. The van der Waals surface area contributed by atoms with Crippen molar-refractivity contribution < 1.29 is 9.59 Å². The lowest BCUT2D eigenvalue weighted by Gasteiger charge is -2.21. The van der Waals surface area contributed by atoms with Crippen LogP contribution in [0.15, 0.2) is 53.6 Å². The number of amides is 2. The zero-order chi connectivity index (χ0) is 21.5. The van der Waals surface area contributed by atoms with Gasteiger partial charge in [-0.3, -0.25) is 20.4 Å². The van der Waals surface area contributed by atoms with E-state index in [1.54, 1.807) is 12.1 Å². The van der Waals surface area contributed by atoms with Crippen LogP contribution in [0.5, 0.6) is 0 Å². The van der Waals surface area contributed by atoms with Crippen LogP contribution in [0.25, 0.3) is 10.9 Å². The number of fused-ring (bicyclic) bond motifs is 1. The number of carbonyl (C=O) groups excluding carboxylic acids is 2. The molecule has 0 radical (unpaired) electrons. The number of anilines is 1. The van der Waals surface area contributed by atoms with Crippen LogP contribution in [0, 0.1) is 6.92 Å². The first kappa shape index (κ1) is 21.6. The standard InChI is InChI=1S/C22H25N5O2S/c1-4-27(5-2)17-12-10-16(11-13-17)21(29)26-25-20(28)14-30-22-18-8-6-7-9-19(18)23-15(3)24-22/h6-13H,4-5,14H2,1-3H3,(H,25,28)(H,26,29). The molecule has 3 aromatic rings. The van der Waals surface area contributed by atoms with Crippen molar-refractivity contribution in [2.24, 2.45) is 0 Å². The molecule has 0 bridgehead atoms. The van der Waals surface area contributed by atoms with E-state index < -0.39 is 0 Å². The second-order valence-corrected chi connectivity index (χ2v) is 7.57. The fraction of sp³-hybridized carbons (Fsp3) is 0.273. The highest BCUT2D eigenvalue weighted by Gasteiger charge is 2.11. The summed E-state index contributed by atoms with van der Waals surface area (Å²) in [6.07, 6.45) is 0. The van der Waals surface area contributed by atoms with Crippen LogP contribution in [0.3, 0.4) is 0 Å². The molecule has 0 saturated heterocycles. The Morgan fingerprint density at radius 2 is 1.67 bits per heavy atom. The zero-order valence-electron chi connectivity index (χ0n) is 17.3. The molecule has 0 unspecified atom stereocenters. The Bertz CT molecular complexity index is 1040. The van der Waals surface area contributed by atoms with E-state index in [-0.39, 0.29) is 17.6 Å². The number of hydrogen-bond donors (Lipinski definition) is 2. The highest BCUT2D eigenvalue weighted by molar-refractivity contribution is 8.00. The number of aryl methyl sites for hydroxylation is 1. The predicted octanol–water partition coefficient (Wildman–Crippen LogP) is 3.34. The summed E-state index contributed by atoms with van der Waals surface area (Å²) in [5.74, 6) is 0.107. The number of carbonyl (C=O) groups is 2. The van der Waals surface area contributed by atoms with Gasteiger partial charge in [0.1, 0.15) is 10.9 Å². The second-order valence-electron chi connectivity index (χ2n) is 6.60. The minimum atomic E-state index is -0.359. The van der Waals surface area contributed by atoms with Crippen LogP contribution in [0.1, 0.15) is 30.0 Å². The van der Waals surface area contributed by atoms with E-state index in [0.717, 1.165) is 34.7 Å². The quantitative estimate of drug-likeness (QED) is 0.344. The van der Waals surface area contributed by atoms with Gasteiger partial charge in [0.2, 0.25) is 5.91 Å². The molecule has 1 aromatic heterocycles. The summed E-state index contributed by atoms with van der Waals surface area (Å²) in [5.41, 5.74) is 7.31. The molecular formula is C22H25N5O2S. The number of nitrogens with one attached hydrogen (secondary N) is 2. The highest BCUT2D eigenvalue weighted by Crippen LogP contribution is 2.24. The molecular weight excluding hydrogens is 398 g/mol. The Hall–Kier alpha value is -3.13. The summed E-state index contributed by atoms with van der Waals surface area (Å²) < 4.78 is 0. The highest BCUT2D eigenvalue weighted by atomic mass is 32.2. The fourth-order valence-electron chi connectivity index (χ4n) is 3.05. The molecule has 7 nitrogen and oxygen atoms in total. The van der Waals surface area contributed by atoms with Gasteiger partial charge in [-0.1, -0.05) is 30.0 Å².